The Hall–Kier alpha value is -1.96. The van der Waals surface area contributed by atoms with E-state index < -0.39 is 16.0 Å². The molecule has 2 aromatic carbocycles. The normalized spacial score (nSPS) is 16.8. The standard InChI is InChI=1S/C20H26N2O4S/c1-2-27(25,26)22-11-9-19(10-12-22)21(15-20(23)24)14-16-7-8-17-5-3-4-6-18(17)13-16/h3-8,13,19H,2,9-12,14-15H2,1H3,(H,23,24). The highest BCUT2D eigenvalue weighted by Gasteiger charge is 2.30. The fraction of sp³-hybridized carbons (Fsp3) is 0.450. The lowest BCUT2D eigenvalue weighted by molar-refractivity contribution is -0.139. The number of carboxylic acids is 1. The number of carbonyl (C=O) groups is 1. The molecule has 0 radical (unpaired) electrons. The number of hydrogen-bond acceptors (Lipinski definition) is 4. The molecule has 2 aromatic rings. The number of carboxylic acid groups (broad SMARTS) is 1. The minimum atomic E-state index is -3.18. The van der Waals surface area contributed by atoms with Crippen molar-refractivity contribution in [1.29, 1.82) is 0 Å². The maximum atomic E-state index is 12.0. The van der Waals surface area contributed by atoms with Crippen molar-refractivity contribution in [2.45, 2.75) is 32.4 Å². The van der Waals surface area contributed by atoms with Crippen LogP contribution in [0.3, 0.4) is 0 Å². The van der Waals surface area contributed by atoms with Crippen molar-refractivity contribution in [2.24, 2.45) is 0 Å². The summed E-state index contributed by atoms with van der Waals surface area (Å²) in [5.41, 5.74) is 1.07. The van der Waals surface area contributed by atoms with E-state index in [2.05, 4.69) is 24.3 Å². The van der Waals surface area contributed by atoms with Gasteiger partial charge in [-0.05, 0) is 42.2 Å². The van der Waals surface area contributed by atoms with Gasteiger partial charge in [0.1, 0.15) is 0 Å². The van der Waals surface area contributed by atoms with Crippen LogP contribution in [0.2, 0.25) is 0 Å². The van der Waals surface area contributed by atoms with Crippen LogP contribution in [0.25, 0.3) is 10.8 Å². The largest absolute Gasteiger partial charge is 0.480 e. The first-order valence-electron chi connectivity index (χ1n) is 9.30. The highest BCUT2D eigenvalue weighted by atomic mass is 32.2. The molecule has 1 N–H and O–H groups in total. The first-order chi connectivity index (χ1) is 12.9. The smallest absolute Gasteiger partial charge is 0.317 e. The second kappa shape index (κ2) is 8.37. The number of hydrogen-bond donors (Lipinski definition) is 1. The molecule has 0 saturated carbocycles. The highest BCUT2D eigenvalue weighted by molar-refractivity contribution is 7.89. The molecule has 1 saturated heterocycles. The number of benzene rings is 2. The predicted octanol–water partition coefficient (Wildman–Crippen LogP) is 2.54. The summed E-state index contributed by atoms with van der Waals surface area (Å²) in [4.78, 5) is 13.3. The van der Waals surface area contributed by atoms with Gasteiger partial charge in [-0.25, -0.2) is 12.7 Å². The molecule has 1 aliphatic heterocycles. The summed E-state index contributed by atoms with van der Waals surface area (Å²) in [6.45, 7) is 3.06. The Balaban J connectivity index is 1.73. The fourth-order valence-electron chi connectivity index (χ4n) is 3.73. The van der Waals surface area contributed by atoms with Crippen LogP contribution in [0.4, 0.5) is 0 Å². The Kier molecular flexibility index (Phi) is 6.14. The quantitative estimate of drug-likeness (QED) is 0.786. The SMILES string of the molecule is CCS(=O)(=O)N1CCC(N(CC(=O)O)Cc2ccc3ccccc3c2)CC1. The van der Waals surface area contributed by atoms with Crippen LogP contribution in [0.1, 0.15) is 25.3 Å². The van der Waals surface area contributed by atoms with Crippen molar-refractivity contribution >= 4 is 26.8 Å². The summed E-state index contributed by atoms with van der Waals surface area (Å²) in [6.07, 6.45) is 1.31. The topological polar surface area (TPSA) is 77.9 Å². The molecule has 0 amide bonds. The maximum absolute atomic E-state index is 12.0. The Labute approximate surface area is 160 Å². The Morgan fingerprint density at radius 1 is 1.15 bits per heavy atom. The minimum absolute atomic E-state index is 0.0436. The fourth-order valence-corrected chi connectivity index (χ4v) is 4.86. The van der Waals surface area contributed by atoms with Gasteiger partial charge in [-0.1, -0.05) is 36.4 Å². The summed E-state index contributed by atoms with van der Waals surface area (Å²) in [5.74, 6) is -0.757. The molecule has 0 aromatic heterocycles. The van der Waals surface area contributed by atoms with Crippen molar-refractivity contribution in [3.63, 3.8) is 0 Å². The molecule has 0 spiro atoms. The van der Waals surface area contributed by atoms with Gasteiger partial charge < -0.3 is 5.11 Å². The van der Waals surface area contributed by atoms with Crippen LogP contribution in [0.15, 0.2) is 42.5 Å². The third kappa shape index (κ3) is 4.86. The summed E-state index contributed by atoms with van der Waals surface area (Å²) >= 11 is 0. The molecule has 1 aliphatic rings. The molecular formula is C20H26N2O4S. The molecule has 0 bridgehead atoms. The van der Waals surface area contributed by atoms with E-state index >= 15 is 0 Å². The van der Waals surface area contributed by atoms with E-state index in [-0.39, 0.29) is 18.3 Å². The first kappa shape index (κ1) is 19.8. The van der Waals surface area contributed by atoms with Crippen molar-refractivity contribution in [3.8, 4) is 0 Å². The highest BCUT2D eigenvalue weighted by Crippen LogP contribution is 2.23. The molecule has 1 fully saturated rings. The zero-order valence-electron chi connectivity index (χ0n) is 15.5. The Bertz CT molecular complexity index is 905. The third-order valence-corrected chi connectivity index (χ3v) is 7.12. The number of sulfonamides is 1. The van der Waals surface area contributed by atoms with Crippen molar-refractivity contribution < 1.29 is 18.3 Å². The average Bonchev–Trinajstić information content (AvgIpc) is 2.67. The van der Waals surface area contributed by atoms with Gasteiger partial charge in [0.15, 0.2) is 0 Å². The lowest BCUT2D eigenvalue weighted by atomic mass is 10.0. The van der Waals surface area contributed by atoms with E-state index in [1.165, 1.54) is 4.31 Å². The number of nitrogens with zero attached hydrogens (tertiary/aromatic N) is 2. The summed E-state index contributed by atoms with van der Waals surface area (Å²) in [7, 11) is -3.18. The molecular weight excluding hydrogens is 364 g/mol. The average molecular weight is 391 g/mol. The van der Waals surface area contributed by atoms with E-state index in [1.807, 2.05) is 23.1 Å². The van der Waals surface area contributed by atoms with E-state index in [0.29, 0.717) is 32.5 Å². The van der Waals surface area contributed by atoms with Crippen LogP contribution >= 0.6 is 0 Å². The molecule has 3 rings (SSSR count). The molecule has 1 heterocycles. The molecule has 6 nitrogen and oxygen atoms in total. The summed E-state index contributed by atoms with van der Waals surface area (Å²) in [6, 6.07) is 14.3. The van der Waals surface area contributed by atoms with E-state index in [4.69, 9.17) is 0 Å². The first-order valence-corrected chi connectivity index (χ1v) is 10.9. The van der Waals surface area contributed by atoms with Crippen molar-refractivity contribution in [1.82, 2.24) is 9.21 Å². The molecule has 0 atom stereocenters. The summed E-state index contributed by atoms with van der Waals surface area (Å²) in [5, 5.41) is 11.6. The van der Waals surface area contributed by atoms with Gasteiger partial charge in [-0.3, -0.25) is 9.69 Å². The van der Waals surface area contributed by atoms with Gasteiger partial charge in [-0.2, -0.15) is 0 Å². The van der Waals surface area contributed by atoms with Gasteiger partial charge in [0.25, 0.3) is 0 Å². The van der Waals surface area contributed by atoms with Crippen LogP contribution in [-0.2, 0) is 21.4 Å². The molecule has 0 aliphatic carbocycles. The van der Waals surface area contributed by atoms with Crippen LogP contribution in [0, 0.1) is 0 Å². The zero-order chi connectivity index (χ0) is 19.4. The molecule has 0 unspecified atom stereocenters. The second-order valence-corrected chi connectivity index (χ2v) is 9.27. The zero-order valence-corrected chi connectivity index (χ0v) is 16.4. The Morgan fingerprint density at radius 3 is 2.44 bits per heavy atom. The lowest BCUT2D eigenvalue weighted by Gasteiger charge is -2.37. The number of rotatable bonds is 7. The van der Waals surface area contributed by atoms with Crippen LogP contribution in [0.5, 0.6) is 0 Å². The van der Waals surface area contributed by atoms with Crippen molar-refractivity contribution in [2.75, 3.05) is 25.4 Å². The predicted molar refractivity (Wildman–Crippen MR) is 106 cm³/mol. The van der Waals surface area contributed by atoms with Gasteiger partial charge in [0.05, 0.1) is 12.3 Å². The molecule has 27 heavy (non-hydrogen) atoms. The van der Waals surface area contributed by atoms with Crippen LogP contribution in [-0.4, -0.2) is 60.1 Å². The minimum Gasteiger partial charge on any atom is -0.480 e. The molecule has 146 valence electrons. The van der Waals surface area contributed by atoms with Gasteiger partial charge >= 0.3 is 5.97 Å². The van der Waals surface area contributed by atoms with E-state index in [1.54, 1.807) is 6.92 Å². The van der Waals surface area contributed by atoms with E-state index in [0.717, 1.165) is 16.3 Å². The van der Waals surface area contributed by atoms with Gasteiger partial charge in [0, 0.05) is 25.7 Å². The third-order valence-electron chi connectivity index (χ3n) is 5.24. The second-order valence-electron chi connectivity index (χ2n) is 7.01. The number of piperidine rings is 1. The lowest BCUT2D eigenvalue weighted by Crippen LogP contribution is -2.48. The Morgan fingerprint density at radius 2 is 1.81 bits per heavy atom. The number of aliphatic carboxylic acids is 1. The van der Waals surface area contributed by atoms with Crippen LogP contribution < -0.4 is 0 Å². The number of fused-ring (bicyclic) bond motifs is 1. The monoisotopic (exact) mass is 390 g/mol. The molecule has 7 heteroatoms. The van der Waals surface area contributed by atoms with Crippen molar-refractivity contribution in [3.05, 3.63) is 48.0 Å². The maximum Gasteiger partial charge on any atom is 0.317 e. The summed E-state index contributed by atoms with van der Waals surface area (Å²) < 4.78 is 25.6. The van der Waals surface area contributed by atoms with E-state index in [9.17, 15) is 18.3 Å². The van der Waals surface area contributed by atoms with Gasteiger partial charge in [-0.15, -0.1) is 0 Å². The van der Waals surface area contributed by atoms with Gasteiger partial charge in [0.2, 0.25) is 10.0 Å².